The molecule has 0 aliphatic heterocycles. The summed E-state index contributed by atoms with van der Waals surface area (Å²) in [5, 5.41) is 9.01. The number of furan rings is 1. The smallest absolute Gasteiger partial charge is 0.244 e. The molecule has 1 heterocycles. The van der Waals surface area contributed by atoms with E-state index in [0.29, 0.717) is 30.1 Å². The van der Waals surface area contributed by atoms with Crippen LogP contribution in [0.5, 0.6) is 0 Å². The molecule has 2 saturated carbocycles. The maximum absolute atomic E-state index is 12.3. The Morgan fingerprint density at radius 2 is 1.95 bits per heavy atom. The first-order chi connectivity index (χ1) is 9.51. The summed E-state index contributed by atoms with van der Waals surface area (Å²) in [6.45, 7) is 1.84. The zero-order valence-electron chi connectivity index (χ0n) is 11.6. The quantitative estimate of drug-likeness (QED) is 0.804. The lowest BCUT2D eigenvalue weighted by atomic mass is 9.99. The molecular formula is C14H21NO4S. The number of sulfonamides is 1. The van der Waals surface area contributed by atoms with Crippen LogP contribution in [0, 0.1) is 24.7 Å². The normalized spacial score (nSPS) is 19.8. The average molecular weight is 299 g/mol. The highest BCUT2D eigenvalue weighted by Gasteiger charge is 2.41. The van der Waals surface area contributed by atoms with Gasteiger partial charge >= 0.3 is 0 Å². The topological polar surface area (TPSA) is 79.5 Å². The molecule has 0 aromatic carbocycles. The van der Waals surface area contributed by atoms with E-state index in [9.17, 15) is 8.42 Å². The van der Waals surface area contributed by atoms with Crippen LogP contribution in [0.3, 0.4) is 0 Å². The van der Waals surface area contributed by atoms with Crippen LogP contribution in [-0.2, 0) is 16.6 Å². The van der Waals surface area contributed by atoms with Crippen molar-refractivity contribution in [3.8, 4) is 0 Å². The molecule has 0 radical (unpaired) electrons. The fourth-order valence-electron chi connectivity index (χ4n) is 2.92. The molecule has 0 atom stereocenters. The van der Waals surface area contributed by atoms with Crippen LogP contribution in [0.15, 0.2) is 15.4 Å². The average Bonchev–Trinajstić information content (AvgIpc) is 3.29. The third kappa shape index (κ3) is 2.92. The highest BCUT2D eigenvalue weighted by Crippen LogP contribution is 2.48. The van der Waals surface area contributed by atoms with E-state index in [0.717, 1.165) is 0 Å². The Labute approximate surface area is 119 Å². The molecule has 6 heteroatoms. The Morgan fingerprint density at radius 1 is 1.35 bits per heavy atom. The molecule has 2 N–H and O–H groups in total. The van der Waals surface area contributed by atoms with Crippen LogP contribution in [0.2, 0.25) is 0 Å². The molecule has 0 bridgehead atoms. The number of nitrogens with one attached hydrogen (secondary N) is 1. The summed E-state index contributed by atoms with van der Waals surface area (Å²) in [6, 6.07) is 1.40. The van der Waals surface area contributed by atoms with Gasteiger partial charge in [-0.15, -0.1) is 0 Å². The molecular weight excluding hydrogens is 278 g/mol. The van der Waals surface area contributed by atoms with Crippen molar-refractivity contribution >= 4 is 10.0 Å². The van der Waals surface area contributed by atoms with Crippen molar-refractivity contribution in [3.05, 3.63) is 17.6 Å². The maximum Gasteiger partial charge on any atom is 0.244 e. The molecule has 112 valence electrons. The maximum atomic E-state index is 12.3. The van der Waals surface area contributed by atoms with Gasteiger partial charge in [0.15, 0.2) is 0 Å². The van der Waals surface area contributed by atoms with E-state index >= 15 is 0 Å². The summed E-state index contributed by atoms with van der Waals surface area (Å²) in [5.74, 6) is 2.53. The molecule has 0 spiro atoms. The van der Waals surface area contributed by atoms with Gasteiger partial charge < -0.3 is 9.52 Å². The molecule has 0 amide bonds. The predicted octanol–water partition coefficient (Wildman–Crippen LogP) is 1.79. The van der Waals surface area contributed by atoms with Gasteiger partial charge in [0.1, 0.15) is 23.0 Å². The second kappa shape index (κ2) is 5.16. The molecule has 2 aliphatic carbocycles. The molecule has 0 saturated heterocycles. The van der Waals surface area contributed by atoms with E-state index in [1.807, 2.05) is 0 Å². The Bertz CT molecular complexity index is 572. The van der Waals surface area contributed by atoms with Crippen LogP contribution in [0.4, 0.5) is 0 Å². The summed E-state index contributed by atoms with van der Waals surface area (Å²) in [4.78, 5) is 0.145. The first-order valence-electron chi connectivity index (χ1n) is 7.21. The minimum Gasteiger partial charge on any atom is -0.462 e. The number of aliphatic hydroxyl groups excluding tert-OH is 1. The van der Waals surface area contributed by atoms with Gasteiger partial charge in [-0.2, -0.15) is 0 Å². The van der Waals surface area contributed by atoms with Gasteiger partial charge in [-0.25, -0.2) is 13.1 Å². The summed E-state index contributed by atoms with van der Waals surface area (Å²) in [5.41, 5.74) is 0. The minimum absolute atomic E-state index is 0.145. The van der Waals surface area contributed by atoms with Gasteiger partial charge in [-0.05, 0) is 50.4 Å². The SMILES string of the molecule is Cc1oc(CO)cc1S(=O)(=O)NCC(C1CC1)C1CC1. The van der Waals surface area contributed by atoms with Crippen molar-refractivity contribution in [2.24, 2.45) is 17.8 Å². The van der Waals surface area contributed by atoms with Crippen LogP contribution in [0.1, 0.15) is 37.2 Å². The van der Waals surface area contributed by atoms with Crippen LogP contribution in [0.25, 0.3) is 0 Å². The summed E-state index contributed by atoms with van der Waals surface area (Å²) in [6.07, 6.45) is 4.95. The molecule has 0 unspecified atom stereocenters. The largest absolute Gasteiger partial charge is 0.462 e. The van der Waals surface area contributed by atoms with Crippen molar-refractivity contribution in [3.63, 3.8) is 0 Å². The monoisotopic (exact) mass is 299 g/mol. The standard InChI is InChI=1S/C14H21NO4S/c1-9-14(6-12(8-16)19-9)20(17,18)15-7-13(10-2-3-10)11-4-5-11/h6,10-11,13,15-16H,2-5,7-8H2,1H3. The molecule has 2 aliphatic rings. The Hall–Kier alpha value is -0.850. The number of rotatable bonds is 7. The molecule has 1 aromatic heterocycles. The number of hydrogen-bond acceptors (Lipinski definition) is 4. The van der Waals surface area contributed by atoms with Crippen LogP contribution >= 0.6 is 0 Å². The Morgan fingerprint density at radius 3 is 2.40 bits per heavy atom. The van der Waals surface area contributed by atoms with Crippen molar-refractivity contribution in [2.75, 3.05) is 6.54 Å². The number of aliphatic hydroxyl groups is 1. The molecule has 5 nitrogen and oxygen atoms in total. The van der Waals surface area contributed by atoms with Crippen molar-refractivity contribution in [2.45, 2.75) is 44.1 Å². The Kier molecular flexibility index (Phi) is 3.64. The summed E-state index contributed by atoms with van der Waals surface area (Å²) in [7, 11) is -3.54. The molecule has 3 rings (SSSR count). The summed E-state index contributed by atoms with van der Waals surface area (Å²) < 4.78 is 32.6. The zero-order valence-corrected chi connectivity index (χ0v) is 12.4. The lowest BCUT2D eigenvalue weighted by molar-refractivity contribution is 0.244. The third-order valence-corrected chi connectivity index (χ3v) is 5.86. The van der Waals surface area contributed by atoms with Crippen LogP contribution in [-0.4, -0.2) is 20.1 Å². The number of aryl methyl sites for hydroxylation is 1. The van der Waals surface area contributed by atoms with Gasteiger partial charge in [-0.1, -0.05) is 0 Å². The molecule has 1 aromatic rings. The third-order valence-electron chi connectivity index (χ3n) is 4.33. The first-order valence-corrected chi connectivity index (χ1v) is 8.69. The lowest BCUT2D eigenvalue weighted by Gasteiger charge is -2.16. The van der Waals surface area contributed by atoms with Crippen molar-refractivity contribution in [1.29, 1.82) is 0 Å². The fraction of sp³-hybridized carbons (Fsp3) is 0.714. The Balaban J connectivity index is 1.69. The molecule has 20 heavy (non-hydrogen) atoms. The lowest BCUT2D eigenvalue weighted by Crippen LogP contribution is -2.31. The highest BCUT2D eigenvalue weighted by molar-refractivity contribution is 7.89. The van der Waals surface area contributed by atoms with E-state index in [4.69, 9.17) is 9.52 Å². The van der Waals surface area contributed by atoms with Crippen LogP contribution < -0.4 is 4.72 Å². The fourth-order valence-corrected chi connectivity index (χ4v) is 4.19. The predicted molar refractivity (Wildman–Crippen MR) is 73.5 cm³/mol. The minimum atomic E-state index is -3.54. The van der Waals surface area contributed by atoms with Gasteiger partial charge in [0.2, 0.25) is 10.0 Å². The van der Waals surface area contributed by atoms with Gasteiger partial charge in [0.05, 0.1) is 0 Å². The summed E-state index contributed by atoms with van der Waals surface area (Å²) >= 11 is 0. The van der Waals surface area contributed by atoms with E-state index < -0.39 is 10.0 Å². The molecule has 2 fully saturated rings. The van der Waals surface area contributed by atoms with Crippen molar-refractivity contribution in [1.82, 2.24) is 4.72 Å². The van der Waals surface area contributed by atoms with E-state index in [1.165, 1.54) is 31.7 Å². The van der Waals surface area contributed by atoms with Gasteiger partial charge in [0.25, 0.3) is 0 Å². The first kappa shape index (κ1) is 14.1. The van der Waals surface area contributed by atoms with Gasteiger partial charge in [0, 0.05) is 12.6 Å². The second-order valence-corrected chi connectivity index (χ2v) is 7.72. The number of hydrogen-bond donors (Lipinski definition) is 2. The van der Waals surface area contributed by atoms with E-state index in [-0.39, 0.29) is 17.3 Å². The van der Waals surface area contributed by atoms with E-state index in [2.05, 4.69) is 4.72 Å². The second-order valence-electron chi connectivity index (χ2n) is 5.98. The van der Waals surface area contributed by atoms with E-state index in [1.54, 1.807) is 6.92 Å². The van der Waals surface area contributed by atoms with Gasteiger partial charge in [-0.3, -0.25) is 0 Å². The van der Waals surface area contributed by atoms with Crippen molar-refractivity contribution < 1.29 is 17.9 Å². The zero-order chi connectivity index (χ0) is 14.3. The highest BCUT2D eigenvalue weighted by atomic mass is 32.2.